The van der Waals surface area contributed by atoms with Gasteiger partial charge in [-0.05, 0) is 0 Å². The van der Waals surface area contributed by atoms with Crippen LogP contribution in [0.1, 0.15) is 13.8 Å². The van der Waals surface area contributed by atoms with Crippen LogP contribution < -0.4 is 0 Å². The van der Waals surface area contributed by atoms with Crippen molar-refractivity contribution in [1.29, 1.82) is 0 Å². The number of rotatable bonds is 0. The van der Waals surface area contributed by atoms with E-state index in [1.165, 1.54) is 10.2 Å². The molecule has 0 saturated heterocycles. The summed E-state index contributed by atoms with van der Waals surface area (Å²) in [6.45, 7) is 4.33. The molecule has 0 radical (unpaired) electrons. The highest BCUT2D eigenvalue weighted by atomic mass is 79.9. The van der Waals surface area contributed by atoms with Crippen LogP contribution in [-0.2, 0) is 0 Å². The lowest BCUT2D eigenvalue weighted by Gasteiger charge is -2.02. The van der Waals surface area contributed by atoms with Gasteiger partial charge in [0.1, 0.15) is 0 Å². The lowest BCUT2D eigenvalue weighted by atomic mass is 10.6. The minimum atomic E-state index is 0.451. The molecular formula is C3H9BrSi. The van der Waals surface area contributed by atoms with Crippen molar-refractivity contribution >= 4 is 26.2 Å². The van der Waals surface area contributed by atoms with Crippen LogP contribution in [0.25, 0.3) is 0 Å². The predicted molar refractivity (Wildman–Crippen MR) is 32.9 cm³/mol. The van der Waals surface area contributed by atoms with Crippen LogP contribution in [0.5, 0.6) is 0 Å². The van der Waals surface area contributed by atoms with Crippen molar-refractivity contribution < 1.29 is 0 Å². The third-order valence-corrected chi connectivity index (χ3v) is 0. The molecule has 0 aliphatic rings. The van der Waals surface area contributed by atoms with Crippen LogP contribution >= 0.6 is 15.9 Å². The maximum Gasteiger partial charge on any atom is 0.0233 e. The lowest BCUT2D eigenvalue weighted by molar-refractivity contribution is 1.03. The van der Waals surface area contributed by atoms with Gasteiger partial charge in [-0.1, -0.05) is 29.8 Å². The molecule has 0 spiro atoms. The summed E-state index contributed by atoms with van der Waals surface area (Å²) in [6, 6.07) is 0. The van der Waals surface area contributed by atoms with E-state index in [4.69, 9.17) is 0 Å². The standard InChI is InChI=1S/C3H9BrSi/c1-3(2,4)5/h1-2,5H3. The normalized spacial score (nSPS) is 12.6. The maximum absolute atomic E-state index is 3.44. The Hall–Kier alpha value is 0.697. The van der Waals surface area contributed by atoms with Crippen LogP contribution in [-0.4, -0.2) is 14.2 Å². The molecule has 0 N–H and O–H groups in total. The Labute approximate surface area is 44.5 Å². The zero-order chi connectivity index (χ0) is 4.50. The Morgan fingerprint density at radius 2 is 1.60 bits per heavy atom. The Bertz CT molecular complexity index is 22.4. The van der Waals surface area contributed by atoms with Gasteiger partial charge in [0.15, 0.2) is 0 Å². The highest BCUT2D eigenvalue weighted by molar-refractivity contribution is 9.10. The quantitative estimate of drug-likeness (QED) is 0.351. The first-order chi connectivity index (χ1) is 2.00. The molecular weight excluding hydrogens is 144 g/mol. The van der Waals surface area contributed by atoms with Crippen LogP contribution in [0.4, 0.5) is 0 Å². The summed E-state index contributed by atoms with van der Waals surface area (Å²) in [6.07, 6.45) is 0. The van der Waals surface area contributed by atoms with Gasteiger partial charge >= 0.3 is 0 Å². The van der Waals surface area contributed by atoms with Gasteiger partial charge in [0.2, 0.25) is 0 Å². The SMILES string of the molecule is CC(C)([SiH3])Br. The van der Waals surface area contributed by atoms with Crippen molar-refractivity contribution in [2.75, 3.05) is 0 Å². The minimum Gasteiger partial charge on any atom is -0.0906 e. The summed E-state index contributed by atoms with van der Waals surface area (Å²) >= 11 is 3.44. The topological polar surface area (TPSA) is 0 Å². The van der Waals surface area contributed by atoms with Crippen LogP contribution in [0.2, 0.25) is 0 Å². The average molecular weight is 153 g/mol. The third-order valence-electron chi connectivity index (χ3n) is 0. The van der Waals surface area contributed by atoms with Gasteiger partial charge in [-0.3, -0.25) is 0 Å². The molecule has 0 aliphatic carbocycles. The highest BCUT2D eigenvalue weighted by Crippen LogP contribution is 2.07. The van der Waals surface area contributed by atoms with Gasteiger partial charge in [-0.2, -0.15) is 0 Å². The fraction of sp³-hybridized carbons (Fsp3) is 1.00. The number of halogens is 1. The molecule has 2 heteroatoms. The molecule has 0 rings (SSSR count). The molecule has 0 heterocycles. The molecule has 0 bridgehead atoms. The first-order valence-corrected chi connectivity index (χ1v) is 3.48. The third kappa shape index (κ3) is 70.3. The second-order valence-corrected chi connectivity index (χ2v) is 8.41. The first-order valence-electron chi connectivity index (χ1n) is 1.69. The molecule has 5 heavy (non-hydrogen) atoms. The van der Waals surface area contributed by atoms with Gasteiger partial charge in [-0.15, -0.1) is 0 Å². The monoisotopic (exact) mass is 152 g/mol. The van der Waals surface area contributed by atoms with Crippen molar-refractivity contribution in [2.24, 2.45) is 0 Å². The van der Waals surface area contributed by atoms with E-state index in [9.17, 15) is 0 Å². The highest BCUT2D eigenvalue weighted by Gasteiger charge is 1.98. The molecule has 32 valence electrons. The van der Waals surface area contributed by atoms with E-state index < -0.39 is 0 Å². The van der Waals surface area contributed by atoms with Crippen LogP contribution in [0, 0.1) is 0 Å². The van der Waals surface area contributed by atoms with E-state index in [1.807, 2.05) is 0 Å². The lowest BCUT2D eigenvalue weighted by Crippen LogP contribution is -2.05. The molecule has 0 aromatic heterocycles. The number of hydrogen-bond acceptors (Lipinski definition) is 0. The smallest absolute Gasteiger partial charge is 0.0233 e. The van der Waals surface area contributed by atoms with E-state index in [1.54, 1.807) is 0 Å². The van der Waals surface area contributed by atoms with Crippen molar-refractivity contribution in [3.63, 3.8) is 0 Å². The van der Waals surface area contributed by atoms with E-state index in [0.29, 0.717) is 3.95 Å². The molecule has 0 saturated carbocycles. The second kappa shape index (κ2) is 1.43. The summed E-state index contributed by atoms with van der Waals surface area (Å²) in [7, 11) is 1.22. The minimum absolute atomic E-state index is 0.451. The van der Waals surface area contributed by atoms with Gasteiger partial charge in [0, 0.05) is 14.2 Å². The fourth-order valence-corrected chi connectivity index (χ4v) is 0. The molecule has 0 aromatic carbocycles. The van der Waals surface area contributed by atoms with Gasteiger partial charge in [0.05, 0.1) is 0 Å². The molecule has 0 aliphatic heterocycles. The summed E-state index contributed by atoms with van der Waals surface area (Å²) in [5.74, 6) is 0. The largest absolute Gasteiger partial charge is 0.0906 e. The van der Waals surface area contributed by atoms with Crippen molar-refractivity contribution in [3.05, 3.63) is 0 Å². The Morgan fingerprint density at radius 3 is 1.60 bits per heavy atom. The Morgan fingerprint density at radius 1 is 1.60 bits per heavy atom. The molecule has 0 nitrogen and oxygen atoms in total. The van der Waals surface area contributed by atoms with Crippen molar-refractivity contribution in [1.82, 2.24) is 0 Å². The van der Waals surface area contributed by atoms with E-state index in [0.717, 1.165) is 0 Å². The number of alkyl halides is 1. The van der Waals surface area contributed by atoms with E-state index >= 15 is 0 Å². The number of hydrogen-bond donors (Lipinski definition) is 0. The molecule has 0 amide bonds. The molecule has 0 atom stereocenters. The van der Waals surface area contributed by atoms with Crippen molar-refractivity contribution in [3.8, 4) is 0 Å². The van der Waals surface area contributed by atoms with E-state index in [-0.39, 0.29) is 0 Å². The summed E-state index contributed by atoms with van der Waals surface area (Å²) < 4.78 is 0.451. The van der Waals surface area contributed by atoms with Gasteiger partial charge < -0.3 is 0 Å². The summed E-state index contributed by atoms with van der Waals surface area (Å²) in [5.41, 5.74) is 0. The maximum atomic E-state index is 3.44. The fourth-order valence-electron chi connectivity index (χ4n) is 0. The van der Waals surface area contributed by atoms with Crippen LogP contribution in [0.3, 0.4) is 0 Å². The van der Waals surface area contributed by atoms with Crippen LogP contribution in [0.15, 0.2) is 0 Å². The summed E-state index contributed by atoms with van der Waals surface area (Å²) in [4.78, 5) is 0. The predicted octanol–water partition coefficient (Wildman–Crippen LogP) is 0.483. The Kier molecular flexibility index (Phi) is 1.63. The zero-order valence-electron chi connectivity index (χ0n) is 3.88. The molecule has 0 fully saturated rings. The van der Waals surface area contributed by atoms with Gasteiger partial charge in [0.25, 0.3) is 0 Å². The average Bonchev–Trinajstić information content (AvgIpc) is 0.722. The molecule has 0 aromatic rings. The molecule has 0 unspecified atom stereocenters. The van der Waals surface area contributed by atoms with E-state index in [2.05, 4.69) is 29.8 Å². The van der Waals surface area contributed by atoms with Crippen molar-refractivity contribution in [2.45, 2.75) is 17.8 Å². The summed E-state index contributed by atoms with van der Waals surface area (Å²) in [5, 5.41) is 0. The second-order valence-electron chi connectivity index (χ2n) is 2.07. The first kappa shape index (κ1) is 5.70. The van der Waals surface area contributed by atoms with Gasteiger partial charge in [-0.25, -0.2) is 0 Å². The Balaban J connectivity index is 3.02. The zero-order valence-corrected chi connectivity index (χ0v) is 7.46.